The third-order valence-electron chi connectivity index (χ3n) is 1.77. The van der Waals surface area contributed by atoms with Crippen LogP contribution in [0.25, 0.3) is 0 Å². The van der Waals surface area contributed by atoms with E-state index in [1.807, 2.05) is 13.8 Å². The Morgan fingerprint density at radius 3 is 2.24 bits per heavy atom. The lowest BCUT2D eigenvalue weighted by atomic mass is 10.1. The maximum atomic E-state index is 11.4. The van der Waals surface area contributed by atoms with Crippen LogP contribution in [0.1, 0.15) is 24.2 Å². The molecule has 0 aliphatic heterocycles. The van der Waals surface area contributed by atoms with E-state index in [9.17, 15) is 9.59 Å². The molecule has 0 atom stereocenters. The molecule has 0 spiro atoms. The van der Waals surface area contributed by atoms with Crippen LogP contribution < -0.4 is 22.5 Å². The van der Waals surface area contributed by atoms with Gasteiger partial charge >= 0.3 is 0 Å². The minimum absolute atomic E-state index is 0.205. The Morgan fingerprint density at radius 2 is 1.76 bits per heavy atom. The van der Waals surface area contributed by atoms with Crippen molar-refractivity contribution in [3.8, 4) is 0 Å². The molecule has 94 valence electrons. The molecule has 0 bridgehead atoms. The fraction of sp³-hybridized carbons (Fsp3) is 0.273. The number of hydrogen-bond acceptors (Lipinski definition) is 4. The van der Waals surface area contributed by atoms with Gasteiger partial charge in [-0.15, -0.1) is 0 Å². The topological polar surface area (TPSA) is 124 Å². The lowest BCUT2D eigenvalue weighted by Crippen LogP contribution is -2.33. The standard InChI is InChI=1S/C9H12N4O2.C2H6/c10-6-2-1-5(3-7(6)11)9(15)13-4-8(12)14;1-2/h1-3H,4,10-11H2,(H2,12,14)(H,13,15);1-2H3. The molecule has 7 N–H and O–H groups in total. The zero-order chi connectivity index (χ0) is 13.4. The summed E-state index contributed by atoms with van der Waals surface area (Å²) in [5.41, 5.74) is 16.9. The Hall–Kier alpha value is -2.24. The van der Waals surface area contributed by atoms with Crippen molar-refractivity contribution < 1.29 is 9.59 Å². The van der Waals surface area contributed by atoms with Crippen LogP contribution in [0.2, 0.25) is 0 Å². The molecule has 1 rings (SSSR count). The van der Waals surface area contributed by atoms with E-state index >= 15 is 0 Å². The fourth-order valence-electron chi connectivity index (χ4n) is 0.985. The SMILES string of the molecule is CC.NC(=O)CNC(=O)c1ccc(N)c(N)c1. The monoisotopic (exact) mass is 238 g/mol. The molecular formula is C11H18N4O2. The number of primary amides is 1. The highest BCUT2D eigenvalue weighted by molar-refractivity contribution is 5.97. The van der Waals surface area contributed by atoms with Crippen LogP contribution in [0.5, 0.6) is 0 Å². The summed E-state index contributed by atoms with van der Waals surface area (Å²) in [6.45, 7) is 3.79. The highest BCUT2D eigenvalue weighted by Gasteiger charge is 2.07. The number of hydrogen-bond donors (Lipinski definition) is 4. The van der Waals surface area contributed by atoms with Crippen molar-refractivity contribution in [3.05, 3.63) is 23.8 Å². The predicted molar refractivity (Wildman–Crippen MR) is 68.1 cm³/mol. The van der Waals surface area contributed by atoms with Crippen molar-refractivity contribution in [1.29, 1.82) is 0 Å². The second-order valence-corrected chi connectivity index (χ2v) is 2.99. The van der Waals surface area contributed by atoms with E-state index in [-0.39, 0.29) is 6.54 Å². The first kappa shape index (κ1) is 14.8. The molecule has 0 heterocycles. The predicted octanol–water partition coefficient (Wildman–Crippen LogP) is 0.0923. The largest absolute Gasteiger partial charge is 0.397 e. The number of benzene rings is 1. The van der Waals surface area contributed by atoms with Gasteiger partial charge in [0, 0.05) is 5.56 Å². The Balaban J connectivity index is 0.00000121. The van der Waals surface area contributed by atoms with Gasteiger partial charge in [0.15, 0.2) is 0 Å². The molecule has 0 aliphatic rings. The number of carbonyl (C=O) groups is 2. The Labute approximate surface area is 100 Å². The summed E-state index contributed by atoms with van der Waals surface area (Å²) in [5.74, 6) is -1.02. The maximum Gasteiger partial charge on any atom is 0.251 e. The second-order valence-electron chi connectivity index (χ2n) is 2.99. The van der Waals surface area contributed by atoms with Gasteiger partial charge in [-0.3, -0.25) is 9.59 Å². The van der Waals surface area contributed by atoms with E-state index in [0.717, 1.165) is 0 Å². The number of rotatable bonds is 3. The number of nitrogens with two attached hydrogens (primary N) is 3. The van der Waals surface area contributed by atoms with Gasteiger partial charge in [0.25, 0.3) is 5.91 Å². The number of nitrogen functional groups attached to an aromatic ring is 2. The van der Waals surface area contributed by atoms with Gasteiger partial charge in [0.05, 0.1) is 17.9 Å². The average Bonchev–Trinajstić information content (AvgIpc) is 2.32. The molecule has 17 heavy (non-hydrogen) atoms. The number of nitrogens with one attached hydrogen (secondary N) is 1. The van der Waals surface area contributed by atoms with Crippen LogP contribution in [-0.4, -0.2) is 18.4 Å². The number of amides is 2. The van der Waals surface area contributed by atoms with Crippen LogP contribution in [0.3, 0.4) is 0 Å². The van der Waals surface area contributed by atoms with Crippen molar-refractivity contribution in [2.24, 2.45) is 5.73 Å². The van der Waals surface area contributed by atoms with Crippen molar-refractivity contribution in [1.82, 2.24) is 5.32 Å². The summed E-state index contributed by atoms with van der Waals surface area (Å²) in [5, 5.41) is 2.34. The molecule has 0 aromatic heterocycles. The first-order chi connectivity index (χ1) is 8.00. The van der Waals surface area contributed by atoms with Gasteiger partial charge in [-0.2, -0.15) is 0 Å². The quantitative estimate of drug-likeness (QED) is 0.557. The van der Waals surface area contributed by atoms with E-state index < -0.39 is 11.8 Å². The molecule has 1 aromatic rings. The van der Waals surface area contributed by atoms with Crippen molar-refractivity contribution >= 4 is 23.2 Å². The van der Waals surface area contributed by atoms with Crippen molar-refractivity contribution in [2.75, 3.05) is 18.0 Å². The smallest absolute Gasteiger partial charge is 0.251 e. The van der Waals surface area contributed by atoms with Gasteiger partial charge in [-0.1, -0.05) is 13.8 Å². The lowest BCUT2D eigenvalue weighted by Gasteiger charge is -2.05. The zero-order valence-corrected chi connectivity index (χ0v) is 9.99. The molecule has 6 nitrogen and oxygen atoms in total. The van der Waals surface area contributed by atoms with Crippen molar-refractivity contribution in [2.45, 2.75) is 13.8 Å². The summed E-state index contributed by atoms with van der Waals surface area (Å²) in [6, 6.07) is 4.47. The number of anilines is 2. The summed E-state index contributed by atoms with van der Waals surface area (Å²) < 4.78 is 0. The summed E-state index contributed by atoms with van der Waals surface area (Å²) >= 11 is 0. The van der Waals surface area contributed by atoms with Crippen LogP contribution in [0, 0.1) is 0 Å². The van der Waals surface area contributed by atoms with Crippen LogP contribution in [0.4, 0.5) is 11.4 Å². The molecule has 0 unspecified atom stereocenters. The normalized spacial score (nSPS) is 8.82. The first-order valence-corrected chi connectivity index (χ1v) is 5.22. The first-order valence-electron chi connectivity index (χ1n) is 5.22. The highest BCUT2D eigenvalue weighted by Crippen LogP contribution is 2.15. The minimum atomic E-state index is -0.605. The highest BCUT2D eigenvalue weighted by atomic mass is 16.2. The van der Waals surface area contributed by atoms with E-state index in [1.54, 1.807) is 0 Å². The Morgan fingerprint density at radius 1 is 1.18 bits per heavy atom. The summed E-state index contributed by atoms with van der Waals surface area (Å²) in [6.07, 6.45) is 0. The molecular weight excluding hydrogens is 220 g/mol. The molecule has 0 aliphatic carbocycles. The van der Waals surface area contributed by atoms with Gasteiger partial charge in [-0.05, 0) is 18.2 Å². The molecule has 6 heteroatoms. The Bertz CT molecular complexity index is 404. The van der Waals surface area contributed by atoms with Gasteiger partial charge < -0.3 is 22.5 Å². The molecule has 0 fully saturated rings. The summed E-state index contributed by atoms with van der Waals surface area (Å²) in [7, 11) is 0. The van der Waals surface area contributed by atoms with E-state index in [0.29, 0.717) is 16.9 Å². The third-order valence-corrected chi connectivity index (χ3v) is 1.77. The number of carbonyl (C=O) groups excluding carboxylic acids is 2. The van der Waals surface area contributed by atoms with Crippen molar-refractivity contribution in [3.63, 3.8) is 0 Å². The van der Waals surface area contributed by atoms with Crippen LogP contribution in [0.15, 0.2) is 18.2 Å². The fourth-order valence-corrected chi connectivity index (χ4v) is 0.985. The molecule has 0 saturated heterocycles. The molecule has 0 saturated carbocycles. The van der Waals surface area contributed by atoms with Gasteiger partial charge in [0.1, 0.15) is 0 Å². The second kappa shape index (κ2) is 7.10. The third kappa shape index (κ3) is 4.87. The molecule has 1 aromatic carbocycles. The van der Waals surface area contributed by atoms with Gasteiger partial charge in [-0.25, -0.2) is 0 Å². The van der Waals surface area contributed by atoms with E-state index in [2.05, 4.69) is 5.32 Å². The van der Waals surface area contributed by atoms with Gasteiger partial charge in [0.2, 0.25) is 5.91 Å². The van der Waals surface area contributed by atoms with Crippen LogP contribution in [-0.2, 0) is 4.79 Å². The summed E-state index contributed by atoms with van der Waals surface area (Å²) in [4.78, 5) is 21.8. The maximum absolute atomic E-state index is 11.4. The zero-order valence-electron chi connectivity index (χ0n) is 9.99. The average molecular weight is 238 g/mol. The lowest BCUT2D eigenvalue weighted by molar-refractivity contribution is -0.117. The molecule has 2 amide bonds. The Kier molecular flexibility index (Phi) is 6.17. The van der Waals surface area contributed by atoms with Crippen LogP contribution >= 0.6 is 0 Å². The van der Waals surface area contributed by atoms with E-state index in [4.69, 9.17) is 17.2 Å². The van der Waals surface area contributed by atoms with E-state index in [1.165, 1.54) is 18.2 Å². The molecule has 0 radical (unpaired) electrons. The minimum Gasteiger partial charge on any atom is -0.397 e.